The molecule has 4 rings (SSSR count). The average Bonchev–Trinajstić information content (AvgIpc) is 2.73. The standard InChI is InChI=1S/C21H25N5O2/c1-14-12-26(13-19(28-14)21(27)25-16-6-9-23-10-7-16)18-5-4-15(11-22)20-17(18)3-2-8-24-20/h2-5,8,14,16,19,23H,6-7,9-10,12-13H2,1H3,(H,25,27)/t14?,19-/m1/s1. The fraction of sp³-hybridized carbons (Fsp3) is 0.476. The molecule has 2 atom stereocenters. The molecule has 2 fully saturated rings. The van der Waals surface area contributed by atoms with Crippen molar-refractivity contribution in [3.63, 3.8) is 0 Å². The normalized spacial score (nSPS) is 23.4. The minimum absolute atomic E-state index is 0.0421. The van der Waals surface area contributed by atoms with E-state index >= 15 is 0 Å². The minimum Gasteiger partial charge on any atom is -0.365 e. The van der Waals surface area contributed by atoms with Crippen LogP contribution < -0.4 is 15.5 Å². The van der Waals surface area contributed by atoms with Gasteiger partial charge in [-0.2, -0.15) is 5.26 Å². The van der Waals surface area contributed by atoms with Crippen LogP contribution in [0.15, 0.2) is 30.5 Å². The number of hydrogen-bond acceptors (Lipinski definition) is 6. The number of benzene rings is 1. The highest BCUT2D eigenvalue weighted by molar-refractivity contribution is 5.95. The zero-order valence-electron chi connectivity index (χ0n) is 16.0. The number of carbonyl (C=O) groups is 1. The number of carbonyl (C=O) groups excluding carboxylic acids is 1. The number of nitriles is 1. The van der Waals surface area contributed by atoms with E-state index in [1.165, 1.54) is 0 Å². The predicted octanol–water partition coefficient (Wildman–Crippen LogP) is 1.57. The highest BCUT2D eigenvalue weighted by Gasteiger charge is 2.32. The second kappa shape index (κ2) is 8.13. The number of ether oxygens (including phenoxy) is 1. The van der Waals surface area contributed by atoms with Gasteiger partial charge in [0.2, 0.25) is 0 Å². The zero-order valence-corrected chi connectivity index (χ0v) is 16.0. The lowest BCUT2D eigenvalue weighted by molar-refractivity contribution is -0.138. The molecule has 1 unspecified atom stereocenters. The van der Waals surface area contributed by atoms with E-state index in [2.05, 4.69) is 26.6 Å². The van der Waals surface area contributed by atoms with Crippen molar-refractivity contribution in [1.82, 2.24) is 15.6 Å². The molecule has 2 aliphatic rings. The van der Waals surface area contributed by atoms with Crippen LogP contribution in [0, 0.1) is 11.3 Å². The van der Waals surface area contributed by atoms with E-state index in [0.29, 0.717) is 24.2 Å². The summed E-state index contributed by atoms with van der Waals surface area (Å²) in [6.07, 6.45) is 3.01. The molecule has 0 radical (unpaired) electrons. The number of hydrogen-bond donors (Lipinski definition) is 2. The van der Waals surface area contributed by atoms with Crippen molar-refractivity contribution in [2.24, 2.45) is 0 Å². The summed E-state index contributed by atoms with van der Waals surface area (Å²) in [5.74, 6) is -0.0421. The van der Waals surface area contributed by atoms with Gasteiger partial charge < -0.3 is 20.3 Å². The van der Waals surface area contributed by atoms with Gasteiger partial charge in [0.05, 0.1) is 23.7 Å². The summed E-state index contributed by atoms with van der Waals surface area (Å²) in [7, 11) is 0. The van der Waals surface area contributed by atoms with Crippen molar-refractivity contribution >= 4 is 22.5 Å². The van der Waals surface area contributed by atoms with E-state index < -0.39 is 6.10 Å². The molecule has 2 N–H and O–H groups in total. The van der Waals surface area contributed by atoms with Crippen LogP contribution in [0.5, 0.6) is 0 Å². The number of morpholine rings is 1. The van der Waals surface area contributed by atoms with Crippen LogP contribution in [-0.2, 0) is 9.53 Å². The molecular formula is C21H25N5O2. The molecule has 1 aromatic heterocycles. The van der Waals surface area contributed by atoms with Crippen molar-refractivity contribution in [2.75, 3.05) is 31.1 Å². The molecule has 0 aliphatic carbocycles. The number of rotatable bonds is 3. The molecular weight excluding hydrogens is 354 g/mol. The van der Waals surface area contributed by atoms with E-state index in [-0.39, 0.29) is 18.1 Å². The summed E-state index contributed by atoms with van der Waals surface area (Å²) in [6, 6.07) is 10.0. The van der Waals surface area contributed by atoms with Crippen molar-refractivity contribution in [3.8, 4) is 6.07 Å². The first-order valence-corrected chi connectivity index (χ1v) is 9.85. The van der Waals surface area contributed by atoms with Crippen LogP contribution in [0.4, 0.5) is 5.69 Å². The lowest BCUT2D eigenvalue weighted by atomic mass is 10.0. The van der Waals surface area contributed by atoms with Crippen LogP contribution in [0.1, 0.15) is 25.3 Å². The predicted molar refractivity (Wildman–Crippen MR) is 107 cm³/mol. The van der Waals surface area contributed by atoms with Gasteiger partial charge in [0.1, 0.15) is 6.07 Å². The monoisotopic (exact) mass is 379 g/mol. The number of fused-ring (bicyclic) bond motifs is 1. The van der Waals surface area contributed by atoms with Crippen molar-refractivity contribution in [2.45, 2.75) is 38.0 Å². The molecule has 7 nitrogen and oxygen atoms in total. The third-order valence-electron chi connectivity index (χ3n) is 5.45. The first-order chi connectivity index (χ1) is 13.7. The maximum atomic E-state index is 12.8. The number of piperidine rings is 1. The third kappa shape index (κ3) is 3.79. The molecule has 2 saturated heterocycles. The second-order valence-corrected chi connectivity index (χ2v) is 7.52. The van der Waals surface area contributed by atoms with Gasteiger partial charge in [-0.15, -0.1) is 0 Å². The van der Waals surface area contributed by atoms with E-state index in [1.54, 1.807) is 12.3 Å². The van der Waals surface area contributed by atoms with Crippen molar-refractivity contribution < 1.29 is 9.53 Å². The molecule has 28 heavy (non-hydrogen) atoms. The van der Waals surface area contributed by atoms with Crippen LogP contribution in [0.25, 0.3) is 10.9 Å². The number of amides is 1. The van der Waals surface area contributed by atoms with Gasteiger partial charge in [0.15, 0.2) is 6.10 Å². The Labute approximate surface area is 164 Å². The Morgan fingerprint density at radius 3 is 2.93 bits per heavy atom. The zero-order chi connectivity index (χ0) is 19.5. The Kier molecular flexibility index (Phi) is 5.42. The maximum Gasteiger partial charge on any atom is 0.251 e. The summed E-state index contributed by atoms with van der Waals surface area (Å²) in [5, 5.41) is 16.8. The Bertz CT molecular complexity index is 903. The third-order valence-corrected chi connectivity index (χ3v) is 5.45. The Balaban J connectivity index is 1.56. The smallest absolute Gasteiger partial charge is 0.251 e. The van der Waals surface area contributed by atoms with Crippen LogP contribution in [0.3, 0.4) is 0 Å². The van der Waals surface area contributed by atoms with Gasteiger partial charge in [0, 0.05) is 29.9 Å². The van der Waals surface area contributed by atoms with E-state index in [0.717, 1.165) is 37.0 Å². The molecule has 1 aromatic carbocycles. The quantitative estimate of drug-likeness (QED) is 0.841. The molecule has 0 bridgehead atoms. The van der Waals surface area contributed by atoms with Crippen LogP contribution in [0.2, 0.25) is 0 Å². The molecule has 7 heteroatoms. The largest absolute Gasteiger partial charge is 0.365 e. The molecule has 0 spiro atoms. The molecule has 3 heterocycles. The lowest BCUT2D eigenvalue weighted by Gasteiger charge is -2.38. The minimum atomic E-state index is -0.513. The summed E-state index contributed by atoms with van der Waals surface area (Å²) in [6.45, 7) is 5.03. The van der Waals surface area contributed by atoms with Crippen LogP contribution in [-0.4, -0.2) is 55.3 Å². The summed E-state index contributed by atoms with van der Waals surface area (Å²) < 4.78 is 5.96. The number of aromatic nitrogens is 1. The average molecular weight is 379 g/mol. The first-order valence-electron chi connectivity index (χ1n) is 9.85. The Hall–Kier alpha value is -2.69. The Morgan fingerprint density at radius 1 is 1.32 bits per heavy atom. The molecule has 2 aromatic rings. The van der Waals surface area contributed by atoms with Gasteiger partial charge in [0.25, 0.3) is 5.91 Å². The fourth-order valence-corrected chi connectivity index (χ4v) is 4.08. The van der Waals surface area contributed by atoms with Gasteiger partial charge in [-0.1, -0.05) is 0 Å². The molecule has 1 amide bonds. The highest BCUT2D eigenvalue weighted by atomic mass is 16.5. The fourth-order valence-electron chi connectivity index (χ4n) is 4.08. The summed E-state index contributed by atoms with van der Waals surface area (Å²) in [4.78, 5) is 19.4. The number of anilines is 1. The molecule has 0 saturated carbocycles. The SMILES string of the molecule is CC1CN(c2ccc(C#N)c3ncccc23)C[C@H](C(=O)NC2CCNCC2)O1. The number of nitrogens with one attached hydrogen (secondary N) is 2. The van der Waals surface area contributed by atoms with Crippen molar-refractivity contribution in [1.29, 1.82) is 5.26 Å². The number of nitrogens with zero attached hydrogens (tertiary/aromatic N) is 3. The summed E-state index contributed by atoms with van der Waals surface area (Å²) in [5.41, 5.74) is 2.23. The van der Waals surface area contributed by atoms with Gasteiger partial charge >= 0.3 is 0 Å². The topological polar surface area (TPSA) is 90.3 Å². The first kappa shape index (κ1) is 18.7. The molecule has 146 valence electrons. The van der Waals surface area contributed by atoms with Gasteiger partial charge in [-0.05, 0) is 57.1 Å². The lowest BCUT2D eigenvalue weighted by Crippen LogP contribution is -2.55. The number of pyridine rings is 1. The van der Waals surface area contributed by atoms with E-state index in [1.807, 2.05) is 25.1 Å². The van der Waals surface area contributed by atoms with E-state index in [4.69, 9.17) is 4.74 Å². The maximum absolute atomic E-state index is 12.8. The van der Waals surface area contributed by atoms with Gasteiger partial charge in [-0.3, -0.25) is 9.78 Å². The van der Waals surface area contributed by atoms with Crippen LogP contribution >= 0.6 is 0 Å². The van der Waals surface area contributed by atoms with Crippen molar-refractivity contribution in [3.05, 3.63) is 36.0 Å². The highest BCUT2D eigenvalue weighted by Crippen LogP contribution is 2.30. The Morgan fingerprint density at radius 2 is 2.14 bits per heavy atom. The van der Waals surface area contributed by atoms with Gasteiger partial charge in [-0.25, -0.2) is 0 Å². The summed E-state index contributed by atoms with van der Waals surface area (Å²) >= 11 is 0. The van der Waals surface area contributed by atoms with E-state index in [9.17, 15) is 10.1 Å². The molecule has 2 aliphatic heterocycles. The second-order valence-electron chi connectivity index (χ2n) is 7.52.